The van der Waals surface area contributed by atoms with Crippen molar-refractivity contribution in [2.75, 3.05) is 18.5 Å². The van der Waals surface area contributed by atoms with Crippen LogP contribution in [0.3, 0.4) is 0 Å². The molecule has 0 radical (unpaired) electrons. The van der Waals surface area contributed by atoms with Gasteiger partial charge in [-0.05, 0) is 74.4 Å². The monoisotopic (exact) mass is 539 g/mol. The van der Waals surface area contributed by atoms with E-state index in [9.17, 15) is 9.59 Å². The molecule has 1 aromatic heterocycles. The maximum atomic E-state index is 13.9. The third kappa shape index (κ3) is 5.56. The van der Waals surface area contributed by atoms with Gasteiger partial charge in [0.25, 0.3) is 11.5 Å². The largest absolute Gasteiger partial charge is 0.494 e. The highest BCUT2D eigenvalue weighted by atomic mass is 32.1. The van der Waals surface area contributed by atoms with Crippen molar-refractivity contribution in [2.45, 2.75) is 26.8 Å². The zero-order chi connectivity index (χ0) is 27.4. The van der Waals surface area contributed by atoms with Gasteiger partial charge in [0.1, 0.15) is 11.5 Å². The average molecular weight is 540 g/mol. The highest BCUT2D eigenvalue weighted by molar-refractivity contribution is 7.07. The molecular weight excluding hydrogens is 510 g/mol. The molecule has 1 N–H and O–H groups in total. The van der Waals surface area contributed by atoms with E-state index in [1.165, 1.54) is 11.3 Å². The van der Waals surface area contributed by atoms with E-state index >= 15 is 0 Å². The van der Waals surface area contributed by atoms with Gasteiger partial charge in [0.2, 0.25) is 0 Å². The third-order valence-corrected chi connectivity index (χ3v) is 7.28. The van der Waals surface area contributed by atoms with Gasteiger partial charge in [-0.25, -0.2) is 4.99 Å². The summed E-state index contributed by atoms with van der Waals surface area (Å²) >= 11 is 1.31. The molecule has 0 fully saturated rings. The molecule has 7 nitrogen and oxygen atoms in total. The van der Waals surface area contributed by atoms with E-state index in [2.05, 4.69) is 5.32 Å². The molecular formula is C31H29N3O4S. The second-order valence-corrected chi connectivity index (χ2v) is 9.92. The summed E-state index contributed by atoms with van der Waals surface area (Å²) in [5.41, 5.74) is 3.11. The van der Waals surface area contributed by atoms with Crippen LogP contribution in [0.25, 0.3) is 6.08 Å². The van der Waals surface area contributed by atoms with Crippen molar-refractivity contribution in [1.82, 2.24) is 4.57 Å². The highest BCUT2D eigenvalue weighted by Gasteiger charge is 2.32. The fraction of sp³-hybridized carbons (Fsp3) is 0.194. The number of amides is 1. The minimum atomic E-state index is -0.650. The number of anilines is 1. The number of hydrogen-bond donors (Lipinski definition) is 1. The Hall–Kier alpha value is -4.43. The molecule has 5 rings (SSSR count). The number of nitrogens with one attached hydrogen (secondary N) is 1. The average Bonchev–Trinajstić information content (AvgIpc) is 3.24. The summed E-state index contributed by atoms with van der Waals surface area (Å²) in [7, 11) is 0. The fourth-order valence-electron chi connectivity index (χ4n) is 4.54. The summed E-state index contributed by atoms with van der Waals surface area (Å²) in [5, 5.41) is 2.97. The molecule has 4 aromatic rings. The topological polar surface area (TPSA) is 81.9 Å². The van der Waals surface area contributed by atoms with Crippen LogP contribution in [-0.2, 0) is 4.79 Å². The summed E-state index contributed by atoms with van der Waals surface area (Å²) in [4.78, 5) is 32.8. The lowest BCUT2D eigenvalue weighted by molar-refractivity contribution is -0.113. The van der Waals surface area contributed by atoms with Gasteiger partial charge in [0, 0.05) is 5.69 Å². The predicted octanol–water partition coefficient (Wildman–Crippen LogP) is 4.67. The van der Waals surface area contributed by atoms with Crippen LogP contribution in [0, 0.1) is 0 Å². The standard InChI is InChI=1S/C31H29N3O4S/c1-4-37-24-15-11-21(12-16-24)19-26-30(36)34-28(22-13-17-25(18-14-22)38-5-2)27(20(3)32-31(34)39-26)29(35)33-23-9-7-6-8-10-23/h6-19,28H,4-5H2,1-3H3,(H,33,35)/b26-19-/t28-/m0/s1. The second-order valence-electron chi connectivity index (χ2n) is 8.91. The van der Waals surface area contributed by atoms with Crippen LogP contribution in [-0.4, -0.2) is 23.7 Å². The smallest absolute Gasteiger partial charge is 0.271 e. The predicted molar refractivity (Wildman–Crippen MR) is 154 cm³/mol. The number of ether oxygens (including phenoxy) is 2. The Labute approximate surface area is 230 Å². The van der Waals surface area contributed by atoms with Gasteiger partial charge in [-0.2, -0.15) is 0 Å². The van der Waals surface area contributed by atoms with Crippen LogP contribution in [0.2, 0.25) is 0 Å². The molecule has 1 aliphatic rings. The Morgan fingerprint density at radius 1 is 0.949 bits per heavy atom. The van der Waals surface area contributed by atoms with Crippen molar-refractivity contribution in [3.63, 3.8) is 0 Å². The molecule has 0 aliphatic carbocycles. The number of aromatic nitrogens is 1. The summed E-state index contributed by atoms with van der Waals surface area (Å²) in [6, 6.07) is 23.7. The molecule has 1 amide bonds. The van der Waals surface area contributed by atoms with Crippen molar-refractivity contribution >= 4 is 29.0 Å². The van der Waals surface area contributed by atoms with E-state index in [0.29, 0.717) is 39.5 Å². The molecule has 198 valence electrons. The zero-order valence-electron chi connectivity index (χ0n) is 22.0. The number of nitrogens with zero attached hydrogens (tertiary/aromatic N) is 2. The first kappa shape index (κ1) is 26.2. The number of benzene rings is 3. The van der Waals surface area contributed by atoms with Crippen LogP contribution in [0.4, 0.5) is 5.69 Å². The normalized spacial score (nSPS) is 14.9. The van der Waals surface area contributed by atoms with E-state index < -0.39 is 6.04 Å². The Balaban J connectivity index is 1.62. The molecule has 0 saturated heterocycles. The number of carbonyl (C=O) groups excluding carboxylic acids is 1. The fourth-order valence-corrected chi connectivity index (χ4v) is 5.59. The second kappa shape index (κ2) is 11.5. The van der Waals surface area contributed by atoms with Gasteiger partial charge in [0.05, 0.1) is 35.1 Å². The molecule has 1 aliphatic heterocycles. The first-order chi connectivity index (χ1) is 19.0. The molecule has 3 aromatic carbocycles. The van der Waals surface area contributed by atoms with E-state index in [1.807, 2.05) is 106 Å². The highest BCUT2D eigenvalue weighted by Crippen LogP contribution is 2.31. The number of carbonyl (C=O) groups is 1. The quantitative estimate of drug-likeness (QED) is 0.353. The number of para-hydroxylation sites is 1. The number of fused-ring (bicyclic) bond motifs is 1. The van der Waals surface area contributed by atoms with Gasteiger partial charge in [-0.3, -0.25) is 14.2 Å². The molecule has 0 saturated carbocycles. The maximum absolute atomic E-state index is 13.9. The van der Waals surface area contributed by atoms with E-state index in [-0.39, 0.29) is 11.5 Å². The molecule has 0 spiro atoms. The number of thiazole rings is 1. The van der Waals surface area contributed by atoms with Crippen LogP contribution < -0.4 is 29.7 Å². The molecule has 0 unspecified atom stereocenters. The molecule has 39 heavy (non-hydrogen) atoms. The van der Waals surface area contributed by atoms with Gasteiger partial charge >= 0.3 is 0 Å². The van der Waals surface area contributed by atoms with Crippen molar-refractivity contribution in [1.29, 1.82) is 0 Å². The van der Waals surface area contributed by atoms with Gasteiger partial charge in [-0.15, -0.1) is 0 Å². The maximum Gasteiger partial charge on any atom is 0.271 e. The summed E-state index contributed by atoms with van der Waals surface area (Å²) in [6.45, 7) is 6.80. The van der Waals surface area contributed by atoms with Gasteiger partial charge in [0.15, 0.2) is 4.80 Å². The number of allylic oxidation sites excluding steroid dienone is 1. The van der Waals surface area contributed by atoms with Crippen molar-refractivity contribution in [2.24, 2.45) is 4.99 Å². The lowest BCUT2D eigenvalue weighted by Crippen LogP contribution is -2.40. The molecule has 1 atom stereocenters. The summed E-state index contributed by atoms with van der Waals surface area (Å²) < 4.78 is 13.3. The van der Waals surface area contributed by atoms with Crippen molar-refractivity contribution in [3.05, 3.63) is 121 Å². The summed E-state index contributed by atoms with van der Waals surface area (Å²) in [6.07, 6.45) is 1.85. The first-order valence-electron chi connectivity index (χ1n) is 12.8. The van der Waals surface area contributed by atoms with Crippen LogP contribution >= 0.6 is 11.3 Å². The van der Waals surface area contributed by atoms with Crippen LogP contribution in [0.15, 0.2) is 99.9 Å². The Kier molecular flexibility index (Phi) is 7.74. The Morgan fingerprint density at radius 3 is 2.18 bits per heavy atom. The van der Waals surface area contributed by atoms with Crippen LogP contribution in [0.1, 0.15) is 37.9 Å². The SMILES string of the molecule is CCOc1ccc(/C=c2\sc3n(c2=O)[C@@H](c2ccc(OCC)cc2)C(C(=O)Nc2ccccc2)=C(C)N=3)cc1. The molecule has 2 heterocycles. The first-order valence-corrected chi connectivity index (χ1v) is 13.6. The molecule has 8 heteroatoms. The van der Waals surface area contributed by atoms with E-state index in [1.54, 1.807) is 4.57 Å². The van der Waals surface area contributed by atoms with Crippen molar-refractivity contribution in [3.8, 4) is 11.5 Å². The van der Waals surface area contributed by atoms with Gasteiger partial charge < -0.3 is 14.8 Å². The third-order valence-electron chi connectivity index (χ3n) is 6.29. The molecule has 0 bridgehead atoms. The summed E-state index contributed by atoms with van der Waals surface area (Å²) in [5.74, 6) is 1.19. The minimum Gasteiger partial charge on any atom is -0.494 e. The minimum absolute atomic E-state index is 0.205. The van der Waals surface area contributed by atoms with E-state index in [4.69, 9.17) is 14.5 Å². The van der Waals surface area contributed by atoms with E-state index in [0.717, 1.165) is 22.6 Å². The zero-order valence-corrected chi connectivity index (χ0v) is 22.8. The Bertz CT molecular complexity index is 1690. The van der Waals surface area contributed by atoms with Crippen LogP contribution in [0.5, 0.6) is 11.5 Å². The number of rotatable bonds is 8. The Morgan fingerprint density at radius 2 is 1.56 bits per heavy atom. The van der Waals surface area contributed by atoms with Crippen molar-refractivity contribution < 1.29 is 14.3 Å². The lowest BCUT2D eigenvalue weighted by atomic mass is 9.95. The lowest BCUT2D eigenvalue weighted by Gasteiger charge is -2.25. The number of hydrogen-bond acceptors (Lipinski definition) is 6. The van der Waals surface area contributed by atoms with Gasteiger partial charge in [-0.1, -0.05) is 53.8 Å².